The standard InChI is InChI=1S/C22H31NO5.B.Na/c1-27-22(26)17-28-15-6-5-14-23-19(10-7-11-21(23)25)12-13-20(24)16-18-8-3-2-4-9-18;;/h2-4,8-9,12-13,19-20,24H,5-7,10-11,14-17H2,1H3;;/b13-12+;;/t19-,20?;;/m1../s1. The van der Waals surface area contributed by atoms with E-state index in [9.17, 15) is 14.7 Å². The Morgan fingerprint density at radius 1 is 1.30 bits per heavy atom. The molecule has 4 radical (unpaired) electrons. The number of ether oxygens (including phenoxy) is 2. The quantitative estimate of drug-likeness (QED) is 0.254. The van der Waals surface area contributed by atoms with Gasteiger partial charge < -0.3 is 19.5 Å². The average molecular weight is 423 g/mol. The number of aliphatic hydroxyl groups is 1. The Labute approximate surface area is 203 Å². The molecule has 2 rings (SSSR count). The van der Waals surface area contributed by atoms with Gasteiger partial charge in [-0.05, 0) is 31.2 Å². The van der Waals surface area contributed by atoms with E-state index in [0.717, 1.165) is 31.2 Å². The van der Waals surface area contributed by atoms with Crippen LogP contribution in [0, 0.1) is 0 Å². The van der Waals surface area contributed by atoms with Gasteiger partial charge in [-0.3, -0.25) is 4.79 Å². The van der Waals surface area contributed by atoms with Crippen LogP contribution in [0.15, 0.2) is 42.5 Å². The Balaban J connectivity index is 0.00000420. The van der Waals surface area contributed by atoms with Gasteiger partial charge in [-0.15, -0.1) is 0 Å². The number of esters is 1. The molecule has 1 aromatic rings. The Morgan fingerprint density at radius 3 is 2.73 bits per heavy atom. The number of hydrogen-bond donors (Lipinski definition) is 1. The van der Waals surface area contributed by atoms with Crippen molar-refractivity contribution in [1.82, 2.24) is 4.90 Å². The second-order valence-corrected chi connectivity index (χ2v) is 7.02. The van der Waals surface area contributed by atoms with Crippen LogP contribution in [0.5, 0.6) is 0 Å². The van der Waals surface area contributed by atoms with Crippen molar-refractivity contribution in [1.29, 1.82) is 0 Å². The summed E-state index contributed by atoms with van der Waals surface area (Å²) in [5, 5.41) is 10.3. The SMILES string of the molecule is COC(=O)COCCCCN1C(=O)CCC[C@@H]1/C=C/C(O)Cc1ccccc1.[B].[Na]. The first kappa shape index (κ1) is 28.9. The van der Waals surface area contributed by atoms with Crippen LogP contribution >= 0.6 is 0 Å². The van der Waals surface area contributed by atoms with E-state index in [1.807, 2.05) is 47.4 Å². The van der Waals surface area contributed by atoms with Gasteiger partial charge in [0.15, 0.2) is 0 Å². The molecule has 1 saturated heterocycles. The summed E-state index contributed by atoms with van der Waals surface area (Å²) in [6, 6.07) is 9.90. The zero-order valence-corrected chi connectivity index (χ0v) is 20.2. The van der Waals surface area contributed by atoms with Crippen LogP contribution in [0.4, 0.5) is 0 Å². The smallest absolute Gasteiger partial charge is 0.331 e. The predicted molar refractivity (Wildman–Crippen MR) is 118 cm³/mol. The number of benzene rings is 1. The molecule has 0 aromatic heterocycles. The monoisotopic (exact) mass is 423 g/mol. The molecule has 30 heavy (non-hydrogen) atoms. The molecule has 0 aliphatic carbocycles. The molecular weight excluding hydrogens is 392 g/mol. The van der Waals surface area contributed by atoms with Crippen molar-refractivity contribution in [3.63, 3.8) is 0 Å². The van der Waals surface area contributed by atoms with Crippen molar-refractivity contribution < 1.29 is 24.2 Å². The van der Waals surface area contributed by atoms with Gasteiger partial charge in [0.05, 0.1) is 19.3 Å². The zero-order valence-electron chi connectivity index (χ0n) is 18.2. The molecule has 2 atom stereocenters. The average Bonchev–Trinajstić information content (AvgIpc) is 2.70. The Hall–Kier alpha value is -1.12. The Kier molecular flexibility index (Phi) is 15.9. The minimum Gasteiger partial charge on any atom is -0.467 e. The maximum atomic E-state index is 12.3. The molecule has 6 nitrogen and oxygen atoms in total. The number of unbranched alkanes of at least 4 members (excludes halogenated alkanes) is 1. The third-order valence-electron chi connectivity index (χ3n) is 4.84. The molecule has 0 spiro atoms. The predicted octanol–water partition coefficient (Wildman–Crippen LogP) is 1.74. The summed E-state index contributed by atoms with van der Waals surface area (Å²) in [7, 11) is 1.33. The van der Waals surface area contributed by atoms with E-state index in [2.05, 4.69) is 4.74 Å². The number of carbonyl (C=O) groups excluding carboxylic acids is 2. The van der Waals surface area contributed by atoms with Crippen molar-refractivity contribution in [2.75, 3.05) is 26.9 Å². The molecule has 1 fully saturated rings. The third kappa shape index (κ3) is 10.8. The maximum Gasteiger partial charge on any atom is 0.331 e. The minimum absolute atomic E-state index is 0. The van der Waals surface area contributed by atoms with Crippen molar-refractivity contribution in [2.45, 2.75) is 50.7 Å². The fourth-order valence-electron chi connectivity index (χ4n) is 3.32. The fourth-order valence-corrected chi connectivity index (χ4v) is 3.32. The number of nitrogens with zero attached hydrogens (tertiary/aromatic N) is 1. The van der Waals surface area contributed by atoms with E-state index in [1.54, 1.807) is 0 Å². The van der Waals surface area contributed by atoms with E-state index in [-0.39, 0.29) is 62.5 Å². The molecular formula is C22H31BNNaO5. The van der Waals surface area contributed by atoms with Crippen LogP contribution in [0.2, 0.25) is 0 Å². The molecule has 0 bridgehead atoms. The van der Waals surface area contributed by atoms with Gasteiger partial charge in [0, 0.05) is 64.0 Å². The molecule has 0 saturated carbocycles. The summed E-state index contributed by atoms with van der Waals surface area (Å²) < 4.78 is 9.76. The van der Waals surface area contributed by atoms with Crippen molar-refractivity contribution in [3.8, 4) is 0 Å². The van der Waals surface area contributed by atoms with Crippen molar-refractivity contribution >= 4 is 49.8 Å². The normalized spacial score (nSPS) is 17.2. The number of likely N-dealkylation sites (tertiary alicyclic amines) is 1. The van der Waals surface area contributed by atoms with E-state index in [0.29, 0.717) is 26.0 Å². The summed E-state index contributed by atoms with van der Waals surface area (Å²) in [6.07, 6.45) is 7.73. The summed E-state index contributed by atoms with van der Waals surface area (Å²) in [5.41, 5.74) is 1.09. The summed E-state index contributed by atoms with van der Waals surface area (Å²) in [6.45, 7) is 1.08. The molecule has 1 heterocycles. The van der Waals surface area contributed by atoms with E-state index >= 15 is 0 Å². The molecule has 158 valence electrons. The third-order valence-corrected chi connectivity index (χ3v) is 4.84. The van der Waals surface area contributed by atoms with Crippen LogP contribution in [-0.2, 0) is 25.5 Å². The van der Waals surface area contributed by atoms with Crippen molar-refractivity contribution in [2.24, 2.45) is 0 Å². The van der Waals surface area contributed by atoms with E-state index in [1.165, 1.54) is 7.11 Å². The van der Waals surface area contributed by atoms with Gasteiger partial charge in [-0.2, -0.15) is 0 Å². The first-order chi connectivity index (χ1) is 13.6. The summed E-state index contributed by atoms with van der Waals surface area (Å²) in [4.78, 5) is 25.2. The first-order valence-electron chi connectivity index (χ1n) is 9.94. The van der Waals surface area contributed by atoms with Gasteiger partial charge in [-0.25, -0.2) is 4.79 Å². The Morgan fingerprint density at radius 2 is 2.03 bits per heavy atom. The molecule has 1 amide bonds. The number of rotatable bonds is 11. The zero-order chi connectivity index (χ0) is 20.2. The summed E-state index contributed by atoms with van der Waals surface area (Å²) in [5.74, 6) is -0.223. The first-order valence-corrected chi connectivity index (χ1v) is 9.94. The topological polar surface area (TPSA) is 76.1 Å². The van der Waals surface area contributed by atoms with Crippen LogP contribution in [-0.4, -0.2) is 98.9 Å². The molecule has 8 heteroatoms. The van der Waals surface area contributed by atoms with Crippen LogP contribution < -0.4 is 0 Å². The summed E-state index contributed by atoms with van der Waals surface area (Å²) >= 11 is 0. The molecule has 1 aliphatic heterocycles. The largest absolute Gasteiger partial charge is 0.467 e. The number of aliphatic hydroxyl groups excluding tert-OH is 1. The number of carbonyl (C=O) groups is 2. The minimum atomic E-state index is -0.562. The van der Waals surface area contributed by atoms with E-state index < -0.39 is 6.10 Å². The Bertz CT molecular complexity index is 644. The van der Waals surface area contributed by atoms with E-state index in [4.69, 9.17) is 4.74 Å². The van der Waals surface area contributed by atoms with Gasteiger partial charge in [0.25, 0.3) is 0 Å². The molecule has 1 N–H and O–H groups in total. The molecule has 1 aliphatic rings. The van der Waals surface area contributed by atoms with Gasteiger partial charge in [-0.1, -0.05) is 42.5 Å². The maximum absolute atomic E-state index is 12.3. The van der Waals surface area contributed by atoms with Gasteiger partial charge in [0.2, 0.25) is 5.91 Å². The van der Waals surface area contributed by atoms with Crippen LogP contribution in [0.1, 0.15) is 37.7 Å². The second-order valence-electron chi connectivity index (χ2n) is 7.02. The van der Waals surface area contributed by atoms with Crippen LogP contribution in [0.3, 0.4) is 0 Å². The van der Waals surface area contributed by atoms with Crippen molar-refractivity contribution in [3.05, 3.63) is 48.0 Å². The number of methoxy groups -OCH3 is 1. The van der Waals surface area contributed by atoms with Gasteiger partial charge >= 0.3 is 5.97 Å². The second kappa shape index (κ2) is 16.6. The van der Waals surface area contributed by atoms with Crippen LogP contribution in [0.25, 0.3) is 0 Å². The number of hydrogen-bond acceptors (Lipinski definition) is 5. The fraction of sp³-hybridized carbons (Fsp3) is 0.545. The molecule has 1 aromatic carbocycles. The number of amides is 1. The van der Waals surface area contributed by atoms with Gasteiger partial charge in [0.1, 0.15) is 6.61 Å². The molecule has 1 unspecified atom stereocenters. The number of piperidine rings is 1.